The van der Waals surface area contributed by atoms with Crippen LogP contribution in [0.5, 0.6) is 0 Å². The fourth-order valence-corrected chi connectivity index (χ4v) is 2.26. The van der Waals surface area contributed by atoms with E-state index >= 15 is 0 Å². The van der Waals surface area contributed by atoms with E-state index in [2.05, 4.69) is 0 Å². The Bertz CT molecular complexity index is 389. The molecule has 0 radical (unpaired) electrons. The number of benzene rings is 1. The number of carboxylic acids is 1. The van der Waals surface area contributed by atoms with E-state index in [1.165, 1.54) is 30.0 Å². The quantitative estimate of drug-likeness (QED) is 0.854. The minimum Gasteiger partial charge on any atom is -0.480 e. The SMILES string of the molecule is NC(CSCc1cc(F)ccc1Cl)C(=O)O. The molecule has 0 spiro atoms. The van der Waals surface area contributed by atoms with Gasteiger partial charge in [0.05, 0.1) is 0 Å². The Morgan fingerprint density at radius 1 is 1.62 bits per heavy atom. The van der Waals surface area contributed by atoms with Crippen LogP contribution in [0.1, 0.15) is 5.56 Å². The third-order valence-corrected chi connectivity index (χ3v) is 3.36. The van der Waals surface area contributed by atoms with Gasteiger partial charge >= 0.3 is 5.97 Å². The van der Waals surface area contributed by atoms with Crippen molar-refractivity contribution in [2.24, 2.45) is 5.73 Å². The van der Waals surface area contributed by atoms with Gasteiger partial charge in [0, 0.05) is 16.5 Å². The predicted octanol–water partition coefficient (Wildman–Crippen LogP) is 2.12. The molecule has 1 unspecified atom stereocenters. The summed E-state index contributed by atoms with van der Waals surface area (Å²) in [5, 5.41) is 9.02. The first-order chi connectivity index (χ1) is 7.50. The molecule has 0 fully saturated rings. The molecule has 0 aromatic heterocycles. The molecule has 1 rings (SSSR count). The third kappa shape index (κ3) is 4.00. The van der Waals surface area contributed by atoms with Gasteiger partial charge in [-0.1, -0.05) is 11.6 Å². The minimum absolute atomic E-state index is 0.266. The Hall–Kier alpha value is -0.780. The molecular weight excluding hydrogens is 253 g/mol. The summed E-state index contributed by atoms with van der Waals surface area (Å²) < 4.78 is 12.9. The molecule has 3 N–H and O–H groups in total. The molecule has 0 bridgehead atoms. The summed E-state index contributed by atoms with van der Waals surface area (Å²) in [7, 11) is 0. The first kappa shape index (κ1) is 13.3. The smallest absolute Gasteiger partial charge is 0.321 e. The molecule has 0 aliphatic heterocycles. The van der Waals surface area contributed by atoms with E-state index in [1.807, 2.05) is 0 Å². The second kappa shape index (κ2) is 6.08. The van der Waals surface area contributed by atoms with Crippen LogP contribution in [0.25, 0.3) is 0 Å². The highest BCUT2D eigenvalue weighted by Crippen LogP contribution is 2.22. The number of halogens is 2. The van der Waals surface area contributed by atoms with Crippen molar-refractivity contribution in [1.82, 2.24) is 0 Å². The van der Waals surface area contributed by atoms with Crippen LogP contribution in [0.4, 0.5) is 4.39 Å². The van der Waals surface area contributed by atoms with Crippen molar-refractivity contribution in [2.75, 3.05) is 5.75 Å². The molecule has 0 aliphatic rings. The lowest BCUT2D eigenvalue weighted by Gasteiger charge is -2.07. The highest BCUT2D eigenvalue weighted by molar-refractivity contribution is 7.98. The van der Waals surface area contributed by atoms with Crippen molar-refractivity contribution in [3.05, 3.63) is 34.6 Å². The fourth-order valence-electron chi connectivity index (χ4n) is 1.02. The molecule has 0 amide bonds. The molecule has 0 saturated carbocycles. The van der Waals surface area contributed by atoms with Crippen molar-refractivity contribution in [3.8, 4) is 0 Å². The van der Waals surface area contributed by atoms with Gasteiger partial charge in [-0.15, -0.1) is 0 Å². The van der Waals surface area contributed by atoms with Crippen LogP contribution in [0.2, 0.25) is 5.02 Å². The second-order valence-electron chi connectivity index (χ2n) is 3.20. The van der Waals surface area contributed by atoms with Crippen LogP contribution in [-0.4, -0.2) is 22.9 Å². The van der Waals surface area contributed by atoms with Crippen molar-refractivity contribution in [1.29, 1.82) is 0 Å². The Morgan fingerprint density at radius 2 is 2.31 bits per heavy atom. The van der Waals surface area contributed by atoms with E-state index in [4.69, 9.17) is 22.4 Å². The molecule has 0 aliphatic carbocycles. The van der Waals surface area contributed by atoms with Crippen LogP contribution in [0.3, 0.4) is 0 Å². The molecule has 1 atom stereocenters. The average molecular weight is 264 g/mol. The molecule has 1 aromatic rings. The van der Waals surface area contributed by atoms with Gasteiger partial charge in [0.15, 0.2) is 0 Å². The van der Waals surface area contributed by atoms with Gasteiger partial charge in [0.25, 0.3) is 0 Å². The van der Waals surface area contributed by atoms with Gasteiger partial charge in [0.1, 0.15) is 11.9 Å². The van der Waals surface area contributed by atoms with E-state index < -0.39 is 12.0 Å². The lowest BCUT2D eigenvalue weighted by atomic mass is 10.2. The number of hydrogen-bond donors (Lipinski definition) is 2. The maximum absolute atomic E-state index is 12.9. The summed E-state index contributed by atoms with van der Waals surface area (Å²) >= 11 is 7.16. The predicted molar refractivity (Wildman–Crippen MR) is 63.2 cm³/mol. The van der Waals surface area contributed by atoms with E-state index in [0.29, 0.717) is 16.3 Å². The largest absolute Gasteiger partial charge is 0.480 e. The summed E-state index contributed by atoms with van der Waals surface area (Å²) in [5.74, 6) is -0.694. The third-order valence-electron chi connectivity index (χ3n) is 1.88. The van der Waals surface area contributed by atoms with E-state index in [1.54, 1.807) is 0 Å². The van der Waals surface area contributed by atoms with Gasteiger partial charge < -0.3 is 10.8 Å². The standard InChI is InChI=1S/C10H11ClFNO2S/c11-8-2-1-7(12)3-6(8)4-16-5-9(13)10(14)15/h1-3,9H,4-5,13H2,(H,14,15). The van der Waals surface area contributed by atoms with Crippen LogP contribution in [0.15, 0.2) is 18.2 Å². The zero-order chi connectivity index (χ0) is 12.1. The molecule has 0 saturated heterocycles. The Morgan fingerprint density at radius 3 is 2.94 bits per heavy atom. The summed E-state index contributed by atoms with van der Waals surface area (Å²) in [5.41, 5.74) is 5.96. The van der Waals surface area contributed by atoms with Gasteiger partial charge in [-0.2, -0.15) is 11.8 Å². The number of hydrogen-bond acceptors (Lipinski definition) is 3. The highest BCUT2D eigenvalue weighted by Gasteiger charge is 2.11. The van der Waals surface area contributed by atoms with Crippen LogP contribution >= 0.6 is 23.4 Å². The van der Waals surface area contributed by atoms with Gasteiger partial charge in [-0.3, -0.25) is 4.79 Å². The van der Waals surface area contributed by atoms with Crippen LogP contribution in [0, 0.1) is 5.82 Å². The lowest BCUT2D eigenvalue weighted by Crippen LogP contribution is -2.32. The zero-order valence-corrected chi connectivity index (χ0v) is 9.89. The maximum Gasteiger partial charge on any atom is 0.321 e. The number of carbonyl (C=O) groups is 1. The number of carboxylic acid groups (broad SMARTS) is 1. The molecule has 0 heterocycles. The Kier molecular flexibility index (Phi) is 5.05. The van der Waals surface area contributed by atoms with Crippen molar-refractivity contribution >= 4 is 29.3 Å². The van der Waals surface area contributed by atoms with Gasteiger partial charge in [0.2, 0.25) is 0 Å². The fraction of sp³-hybridized carbons (Fsp3) is 0.300. The van der Waals surface area contributed by atoms with Crippen LogP contribution in [-0.2, 0) is 10.5 Å². The second-order valence-corrected chi connectivity index (χ2v) is 4.63. The first-order valence-electron chi connectivity index (χ1n) is 4.50. The normalized spacial score (nSPS) is 12.4. The van der Waals surface area contributed by atoms with Crippen molar-refractivity contribution in [3.63, 3.8) is 0 Å². The van der Waals surface area contributed by atoms with E-state index in [0.717, 1.165) is 0 Å². The highest BCUT2D eigenvalue weighted by atomic mass is 35.5. The lowest BCUT2D eigenvalue weighted by molar-refractivity contribution is -0.137. The monoisotopic (exact) mass is 263 g/mol. The van der Waals surface area contributed by atoms with Crippen molar-refractivity contribution in [2.45, 2.75) is 11.8 Å². The molecule has 3 nitrogen and oxygen atoms in total. The first-order valence-corrected chi connectivity index (χ1v) is 6.04. The summed E-state index contributed by atoms with van der Waals surface area (Å²) in [6, 6.07) is 3.18. The molecule has 88 valence electrons. The van der Waals surface area contributed by atoms with Crippen LogP contribution < -0.4 is 5.73 Å². The summed E-state index contributed by atoms with van der Waals surface area (Å²) in [6.45, 7) is 0. The molecule has 16 heavy (non-hydrogen) atoms. The van der Waals surface area contributed by atoms with Crippen molar-refractivity contribution < 1.29 is 14.3 Å². The number of aliphatic carboxylic acids is 1. The van der Waals surface area contributed by atoms with E-state index in [9.17, 15) is 9.18 Å². The number of rotatable bonds is 5. The summed E-state index contributed by atoms with van der Waals surface area (Å²) in [4.78, 5) is 10.4. The molecular formula is C10H11ClFNO2S. The summed E-state index contributed by atoms with van der Waals surface area (Å²) in [6.07, 6.45) is 0. The molecule has 1 aromatic carbocycles. The minimum atomic E-state index is -1.04. The zero-order valence-electron chi connectivity index (χ0n) is 8.32. The maximum atomic E-state index is 12.9. The van der Waals surface area contributed by atoms with Gasteiger partial charge in [-0.05, 0) is 23.8 Å². The van der Waals surface area contributed by atoms with Gasteiger partial charge in [-0.25, -0.2) is 4.39 Å². The van der Waals surface area contributed by atoms with E-state index in [-0.39, 0.29) is 11.6 Å². The number of thioether (sulfide) groups is 1. The average Bonchev–Trinajstić information content (AvgIpc) is 2.22. The Labute approximate surface area is 102 Å². The molecule has 6 heteroatoms. The number of nitrogens with two attached hydrogens (primary N) is 1. The topological polar surface area (TPSA) is 63.3 Å². The Balaban J connectivity index is 2.48.